The van der Waals surface area contributed by atoms with E-state index < -0.39 is 0 Å². The maximum Gasteiger partial charge on any atom is 0.121 e. The lowest BCUT2D eigenvalue weighted by molar-refractivity contribution is -0.108. The van der Waals surface area contributed by atoms with Gasteiger partial charge >= 0.3 is 0 Å². The molecule has 0 aliphatic carbocycles. The van der Waals surface area contributed by atoms with E-state index in [1.165, 1.54) is 0 Å². The molecule has 6 heavy (non-hydrogen) atoms. The SMILES string of the molecule is CC(N)CC=O. The van der Waals surface area contributed by atoms with Gasteiger partial charge in [-0.25, -0.2) is 0 Å². The van der Waals surface area contributed by atoms with E-state index in [2.05, 4.69) is 0 Å². The summed E-state index contributed by atoms with van der Waals surface area (Å²) in [6, 6.07) is 0.0301. The lowest BCUT2D eigenvalue weighted by atomic mass is 10.3. The molecule has 0 aromatic carbocycles. The highest BCUT2D eigenvalue weighted by Gasteiger charge is 1.85. The Morgan fingerprint density at radius 2 is 2.50 bits per heavy atom. The normalized spacial score (nSPS) is 13.7. The lowest BCUT2D eigenvalue weighted by Crippen LogP contribution is -2.14. The van der Waals surface area contributed by atoms with Crippen molar-refractivity contribution < 1.29 is 4.79 Å². The van der Waals surface area contributed by atoms with E-state index in [0.29, 0.717) is 6.42 Å². The molecule has 0 fully saturated rings. The molecule has 0 aromatic rings. The minimum absolute atomic E-state index is 0.0301. The van der Waals surface area contributed by atoms with Gasteiger partial charge < -0.3 is 10.5 Å². The van der Waals surface area contributed by atoms with Crippen LogP contribution in [0.15, 0.2) is 0 Å². The fourth-order valence-corrected chi connectivity index (χ4v) is 0.152. The van der Waals surface area contributed by atoms with Crippen molar-refractivity contribution >= 4 is 6.29 Å². The Kier molecular flexibility index (Phi) is 2.67. The Morgan fingerprint density at radius 1 is 2.00 bits per heavy atom. The molecule has 0 aromatic heterocycles. The second-order valence-corrected chi connectivity index (χ2v) is 1.38. The molecular formula is C4H9NO. The van der Waals surface area contributed by atoms with Crippen molar-refractivity contribution in [1.82, 2.24) is 0 Å². The van der Waals surface area contributed by atoms with Crippen molar-refractivity contribution in [2.24, 2.45) is 5.73 Å². The summed E-state index contributed by atoms with van der Waals surface area (Å²) in [7, 11) is 0. The van der Waals surface area contributed by atoms with Gasteiger partial charge in [0.15, 0.2) is 0 Å². The Balaban J connectivity index is 2.81. The van der Waals surface area contributed by atoms with Crippen molar-refractivity contribution in [3.63, 3.8) is 0 Å². The third kappa shape index (κ3) is 3.63. The van der Waals surface area contributed by atoms with Crippen LogP contribution in [0.2, 0.25) is 0 Å². The zero-order chi connectivity index (χ0) is 4.99. The number of nitrogens with two attached hydrogens (primary N) is 1. The van der Waals surface area contributed by atoms with Crippen LogP contribution < -0.4 is 5.73 Å². The van der Waals surface area contributed by atoms with Gasteiger partial charge in [-0.05, 0) is 6.92 Å². The van der Waals surface area contributed by atoms with Gasteiger partial charge in [0.05, 0.1) is 0 Å². The third-order valence-corrected chi connectivity index (χ3v) is 0.468. The molecule has 0 rings (SSSR count). The Hall–Kier alpha value is -0.370. The molecule has 0 aliphatic heterocycles. The molecule has 1 unspecified atom stereocenters. The van der Waals surface area contributed by atoms with Crippen molar-refractivity contribution in [2.45, 2.75) is 19.4 Å². The number of hydrogen-bond donors (Lipinski definition) is 1. The van der Waals surface area contributed by atoms with Crippen molar-refractivity contribution in [2.75, 3.05) is 0 Å². The summed E-state index contributed by atoms with van der Waals surface area (Å²) >= 11 is 0. The number of aldehydes is 1. The minimum Gasteiger partial charge on any atom is -0.328 e. The first-order valence-corrected chi connectivity index (χ1v) is 1.96. The lowest BCUT2D eigenvalue weighted by Gasteiger charge is -1.91. The number of carbonyl (C=O) groups excluding carboxylic acids is 1. The molecule has 0 saturated carbocycles. The summed E-state index contributed by atoms with van der Waals surface area (Å²) in [6.07, 6.45) is 1.30. The molecule has 2 nitrogen and oxygen atoms in total. The van der Waals surface area contributed by atoms with Crippen LogP contribution in [0, 0.1) is 0 Å². The molecule has 0 heterocycles. The molecule has 0 spiro atoms. The summed E-state index contributed by atoms with van der Waals surface area (Å²) in [5.41, 5.74) is 5.17. The van der Waals surface area contributed by atoms with Gasteiger partial charge in [0.1, 0.15) is 6.29 Å². The van der Waals surface area contributed by atoms with Crippen LogP contribution in [0.1, 0.15) is 13.3 Å². The van der Waals surface area contributed by atoms with Gasteiger partial charge in [0.2, 0.25) is 0 Å². The van der Waals surface area contributed by atoms with E-state index in [4.69, 9.17) is 5.73 Å². The molecule has 2 heteroatoms. The number of carbonyl (C=O) groups is 1. The van der Waals surface area contributed by atoms with Gasteiger partial charge in [-0.15, -0.1) is 0 Å². The summed E-state index contributed by atoms with van der Waals surface area (Å²) in [5, 5.41) is 0. The van der Waals surface area contributed by atoms with Gasteiger partial charge in [0, 0.05) is 12.5 Å². The average molecular weight is 87.1 g/mol. The average Bonchev–Trinajstić information content (AvgIpc) is 1.35. The highest BCUT2D eigenvalue weighted by atomic mass is 16.1. The largest absolute Gasteiger partial charge is 0.328 e. The molecule has 0 radical (unpaired) electrons. The van der Waals surface area contributed by atoms with Crippen molar-refractivity contribution in [1.29, 1.82) is 0 Å². The van der Waals surface area contributed by atoms with E-state index in [0.717, 1.165) is 6.29 Å². The van der Waals surface area contributed by atoms with Crippen LogP contribution in [-0.4, -0.2) is 12.3 Å². The van der Waals surface area contributed by atoms with Gasteiger partial charge in [-0.1, -0.05) is 0 Å². The highest BCUT2D eigenvalue weighted by Crippen LogP contribution is 1.75. The van der Waals surface area contributed by atoms with Crippen LogP contribution in [-0.2, 0) is 4.79 Å². The molecular weight excluding hydrogens is 78.0 g/mol. The fraction of sp³-hybridized carbons (Fsp3) is 0.750. The Morgan fingerprint density at radius 3 is 2.50 bits per heavy atom. The Bertz CT molecular complexity index is 42.8. The summed E-state index contributed by atoms with van der Waals surface area (Å²) < 4.78 is 0. The molecule has 0 aliphatic rings. The smallest absolute Gasteiger partial charge is 0.121 e. The van der Waals surface area contributed by atoms with Crippen LogP contribution in [0.3, 0.4) is 0 Å². The molecule has 0 saturated heterocycles. The second kappa shape index (κ2) is 2.85. The summed E-state index contributed by atoms with van der Waals surface area (Å²) in [6.45, 7) is 1.80. The minimum atomic E-state index is 0.0301. The number of rotatable bonds is 2. The first-order valence-electron chi connectivity index (χ1n) is 1.96. The summed E-state index contributed by atoms with van der Waals surface area (Å²) in [5.74, 6) is 0. The monoisotopic (exact) mass is 87.1 g/mol. The predicted octanol–water partition coefficient (Wildman–Crippen LogP) is -0.0774. The maximum absolute atomic E-state index is 9.54. The zero-order valence-corrected chi connectivity index (χ0v) is 3.85. The molecule has 36 valence electrons. The van der Waals surface area contributed by atoms with E-state index in [1.807, 2.05) is 0 Å². The van der Waals surface area contributed by atoms with Crippen molar-refractivity contribution in [3.8, 4) is 0 Å². The third-order valence-electron chi connectivity index (χ3n) is 0.468. The van der Waals surface area contributed by atoms with Gasteiger partial charge in [0.25, 0.3) is 0 Å². The van der Waals surface area contributed by atoms with Crippen molar-refractivity contribution in [3.05, 3.63) is 0 Å². The molecule has 0 amide bonds. The highest BCUT2D eigenvalue weighted by molar-refractivity contribution is 5.50. The van der Waals surface area contributed by atoms with Crippen LogP contribution in [0.5, 0.6) is 0 Å². The quantitative estimate of drug-likeness (QED) is 0.479. The standard InChI is InChI=1S/C4H9NO/c1-4(5)2-3-6/h3-4H,2,5H2,1H3. The topological polar surface area (TPSA) is 43.1 Å². The van der Waals surface area contributed by atoms with E-state index in [1.54, 1.807) is 6.92 Å². The maximum atomic E-state index is 9.54. The van der Waals surface area contributed by atoms with E-state index in [9.17, 15) is 4.79 Å². The number of hydrogen-bond acceptors (Lipinski definition) is 2. The molecule has 2 N–H and O–H groups in total. The van der Waals surface area contributed by atoms with E-state index >= 15 is 0 Å². The second-order valence-electron chi connectivity index (χ2n) is 1.38. The summed E-state index contributed by atoms with van der Waals surface area (Å²) in [4.78, 5) is 9.54. The van der Waals surface area contributed by atoms with Crippen LogP contribution in [0.25, 0.3) is 0 Å². The molecule has 0 bridgehead atoms. The fourth-order valence-electron chi connectivity index (χ4n) is 0.152. The zero-order valence-electron chi connectivity index (χ0n) is 3.85. The first kappa shape index (κ1) is 5.63. The Labute approximate surface area is 37.3 Å². The predicted molar refractivity (Wildman–Crippen MR) is 24.3 cm³/mol. The van der Waals surface area contributed by atoms with E-state index in [-0.39, 0.29) is 6.04 Å². The van der Waals surface area contributed by atoms with Crippen LogP contribution in [0.4, 0.5) is 0 Å². The first-order chi connectivity index (χ1) is 2.77. The van der Waals surface area contributed by atoms with Gasteiger partial charge in [-0.3, -0.25) is 0 Å². The van der Waals surface area contributed by atoms with Crippen LogP contribution >= 0.6 is 0 Å². The molecule has 1 atom stereocenters. The van der Waals surface area contributed by atoms with Gasteiger partial charge in [-0.2, -0.15) is 0 Å².